The van der Waals surface area contributed by atoms with Crippen LogP contribution >= 0.6 is 0 Å². The third-order valence-corrected chi connectivity index (χ3v) is 7.43. The zero-order valence-electron chi connectivity index (χ0n) is 22.1. The number of fused-ring (bicyclic) bond motifs is 1. The summed E-state index contributed by atoms with van der Waals surface area (Å²) in [5, 5.41) is 20.4. The van der Waals surface area contributed by atoms with Crippen LogP contribution in [0, 0.1) is 0 Å². The molecule has 0 bridgehead atoms. The van der Waals surface area contributed by atoms with E-state index in [2.05, 4.69) is 0 Å². The van der Waals surface area contributed by atoms with Crippen LogP contribution in [-0.2, 0) is 10.3 Å². The lowest BCUT2D eigenvalue weighted by molar-refractivity contribution is -0.121. The first-order chi connectivity index (χ1) is 18.0. The number of nitrogens with zero attached hydrogens (tertiary/aromatic N) is 3. The first kappa shape index (κ1) is 25.7. The molecule has 2 aromatic carbocycles. The minimum atomic E-state index is -1.01. The zero-order valence-corrected chi connectivity index (χ0v) is 22.1. The molecule has 3 aromatic rings. The summed E-state index contributed by atoms with van der Waals surface area (Å²) >= 11 is 0. The average molecular weight is 516 g/mol. The average Bonchev–Trinajstić information content (AvgIpc) is 2.86. The molecule has 0 spiro atoms. The molecule has 5 rings (SSSR count). The van der Waals surface area contributed by atoms with Crippen LogP contribution in [0.3, 0.4) is 0 Å². The molecule has 0 radical (unpaired) electrons. The van der Waals surface area contributed by atoms with Gasteiger partial charge in [-0.3, -0.25) is 9.69 Å². The van der Waals surface area contributed by atoms with Crippen molar-refractivity contribution in [1.82, 2.24) is 9.88 Å². The predicted molar refractivity (Wildman–Crippen MR) is 145 cm³/mol. The van der Waals surface area contributed by atoms with Gasteiger partial charge in [0.25, 0.3) is 5.91 Å². The molecule has 1 aromatic heterocycles. The third kappa shape index (κ3) is 4.28. The van der Waals surface area contributed by atoms with Crippen LogP contribution in [0.25, 0.3) is 22.4 Å². The van der Waals surface area contributed by atoms with Crippen LogP contribution in [0.2, 0.25) is 0 Å². The number of likely N-dealkylation sites (N-methyl/N-ethyl adjacent to an activating group) is 1. The van der Waals surface area contributed by atoms with Gasteiger partial charge in [0.2, 0.25) is 5.88 Å². The van der Waals surface area contributed by atoms with Crippen molar-refractivity contribution in [2.45, 2.75) is 57.7 Å². The Morgan fingerprint density at radius 2 is 1.76 bits per heavy atom. The lowest BCUT2D eigenvalue weighted by atomic mass is 9.67. The fraction of sp³-hybridized carbons (Fsp3) is 0.367. The highest BCUT2D eigenvalue weighted by molar-refractivity contribution is 5.99. The van der Waals surface area contributed by atoms with Gasteiger partial charge in [-0.25, -0.2) is 9.78 Å². The fourth-order valence-electron chi connectivity index (χ4n) is 5.85. The highest BCUT2D eigenvalue weighted by Crippen LogP contribution is 2.50. The number of benzene rings is 2. The summed E-state index contributed by atoms with van der Waals surface area (Å²) in [6.07, 6.45) is -0.871. The first-order valence-corrected chi connectivity index (χ1v) is 12.9. The quantitative estimate of drug-likeness (QED) is 0.479. The second-order valence-corrected chi connectivity index (χ2v) is 11.0. The number of carboxylic acid groups (broad SMARTS) is 1. The lowest BCUT2D eigenvalue weighted by Gasteiger charge is -2.56. The number of aliphatic hydroxyl groups is 1. The van der Waals surface area contributed by atoms with Crippen LogP contribution in [0.5, 0.6) is 5.88 Å². The molecule has 8 heteroatoms. The van der Waals surface area contributed by atoms with Crippen molar-refractivity contribution >= 4 is 17.7 Å². The lowest BCUT2D eigenvalue weighted by Crippen LogP contribution is -2.64. The Morgan fingerprint density at radius 1 is 1.11 bits per heavy atom. The molecule has 8 nitrogen and oxygen atoms in total. The molecule has 0 saturated heterocycles. The van der Waals surface area contributed by atoms with Crippen molar-refractivity contribution in [3.05, 3.63) is 66.2 Å². The van der Waals surface area contributed by atoms with Gasteiger partial charge >= 0.3 is 6.09 Å². The summed E-state index contributed by atoms with van der Waals surface area (Å²) in [5.41, 5.74) is 3.40. The molecule has 2 aliphatic rings. The van der Waals surface area contributed by atoms with E-state index < -0.39 is 23.3 Å². The topological polar surface area (TPSA) is 103 Å². The van der Waals surface area contributed by atoms with Gasteiger partial charge in [0.1, 0.15) is 5.69 Å². The van der Waals surface area contributed by atoms with Gasteiger partial charge < -0.3 is 19.8 Å². The number of pyridine rings is 1. The second kappa shape index (κ2) is 9.44. The molecule has 0 unspecified atom stereocenters. The van der Waals surface area contributed by atoms with Crippen molar-refractivity contribution in [2.24, 2.45) is 0 Å². The Hall–Kier alpha value is -3.91. The minimum absolute atomic E-state index is 0.0560. The first-order valence-electron chi connectivity index (χ1n) is 12.9. The van der Waals surface area contributed by atoms with E-state index in [1.54, 1.807) is 4.90 Å². The highest BCUT2D eigenvalue weighted by Gasteiger charge is 2.54. The number of hydrogen-bond donors (Lipinski definition) is 2. The molecule has 1 aliphatic carbocycles. The molecule has 38 heavy (non-hydrogen) atoms. The van der Waals surface area contributed by atoms with Gasteiger partial charge in [-0.05, 0) is 44.9 Å². The molecule has 198 valence electrons. The van der Waals surface area contributed by atoms with E-state index in [9.17, 15) is 19.8 Å². The summed E-state index contributed by atoms with van der Waals surface area (Å²) in [5.74, 6) is 0.307. The standard InChI is InChI=1S/C30H33N3O5/c1-5-32-24-15-23(19-9-7-6-8-10-19)26(31-27(24)38-18-25(32)35)20-11-13-21(14-12-20)30(16-22(34)17-30)33(28(36)37)29(2,3)4/h6-15,22,34H,5,16-18H2,1-4H3,(H,36,37). The maximum absolute atomic E-state index is 12.5. The molecule has 1 fully saturated rings. The Balaban J connectivity index is 1.62. The maximum atomic E-state index is 12.5. The fourth-order valence-corrected chi connectivity index (χ4v) is 5.85. The maximum Gasteiger partial charge on any atom is 0.408 e. The van der Waals surface area contributed by atoms with Crippen LogP contribution in [0.15, 0.2) is 60.7 Å². The molecule has 2 heterocycles. The van der Waals surface area contributed by atoms with Crippen molar-refractivity contribution in [1.29, 1.82) is 0 Å². The smallest absolute Gasteiger partial charge is 0.408 e. The molecule has 1 aliphatic heterocycles. The Labute approximate surface area is 222 Å². The highest BCUT2D eigenvalue weighted by atomic mass is 16.5. The molecule has 2 N–H and O–H groups in total. The van der Waals surface area contributed by atoms with E-state index in [1.165, 1.54) is 4.90 Å². The number of aliphatic hydroxyl groups excluding tert-OH is 1. The predicted octanol–water partition coefficient (Wildman–Crippen LogP) is 5.29. The molecule has 2 amide bonds. The van der Waals surface area contributed by atoms with Crippen molar-refractivity contribution in [3.63, 3.8) is 0 Å². The van der Waals surface area contributed by atoms with E-state index in [0.29, 0.717) is 36.6 Å². The number of hydrogen-bond acceptors (Lipinski definition) is 5. The summed E-state index contributed by atoms with van der Waals surface area (Å²) < 4.78 is 5.73. The van der Waals surface area contributed by atoms with E-state index in [0.717, 1.165) is 22.3 Å². The van der Waals surface area contributed by atoms with E-state index >= 15 is 0 Å². The number of aromatic nitrogens is 1. The van der Waals surface area contributed by atoms with Gasteiger partial charge in [0, 0.05) is 36.1 Å². The number of anilines is 1. The Kier molecular flexibility index (Phi) is 6.39. The zero-order chi connectivity index (χ0) is 27.2. The van der Waals surface area contributed by atoms with Gasteiger partial charge in [0.15, 0.2) is 6.61 Å². The second-order valence-electron chi connectivity index (χ2n) is 11.0. The van der Waals surface area contributed by atoms with Crippen LogP contribution in [-0.4, -0.2) is 56.9 Å². The van der Waals surface area contributed by atoms with Gasteiger partial charge in [-0.2, -0.15) is 0 Å². The Bertz CT molecular complexity index is 1360. The molecule has 0 atom stereocenters. The van der Waals surface area contributed by atoms with Crippen molar-refractivity contribution in [2.75, 3.05) is 18.1 Å². The number of ether oxygens (including phenoxy) is 1. The summed E-state index contributed by atoms with van der Waals surface area (Å²) in [6.45, 7) is 7.99. The number of amides is 2. The minimum Gasteiger partial charge on any atom is -0.466 e. The summed E-state index contributed by atoms with van der Waals surface area (Å²) in [4.78, 5) is 32.8. The van der Waals surface area contributed by atoms with E-state index in [4.69, 9.17) is 9.72 Å². The van der Waals surface area contributed by atoms with Crippen LogP contribution in [0.1, 0.15) is 46.1 Å². The normalized spacial score (nSPS) is 20.8. The third-order valence-electron chi connectivity index (χ3n) is 7.43. The molecule has 1 saturated carbocycles. The van der Waals surface area contributed by atoms with Gasteiger partial charge in [-0.15, -0.1) is 0 Å². The van der Waals surface area contributed by atoms with Crippen molar-refractivity contribution < 1.29 is 24.5 Å². The van der Waals surface area contributed by atoms with Gasteiger partial charge in [-0.1, -0.05) is 54.6 Å². The number of rotatable bonds is 5. The molecular weight excluding hydrogens is 482 g/mol. The van der Waals surface area contributed by atoms with Crippen molar-refractivity contribution in [3.8, 4) is 28.3 Å². The SMILES string of the molecule is CCN1C(=O)COc2nc(-c3ccc(C4(N(C(=O)O)C(C)(C)C)CC(O)C4)cc3)c(-c3ccccc3)cc21. The summed E-state index contributed by atoms with van der Waals surface area (Å²) in [6, 6.07) is 19.6. The molecular formula is C30H33N3O5. The number of carbonyl (C=O) groups is 2. The summed E-state index contributed by atoms with van der Waals surface area (Å²) in [7, 11) is 0. The largest absolute Gasteiger partial charge is 0.466 e. The van der Waals surface area contributed by atoms with E-state index in [1.807, 2.05) is 88.4 Å². The van der Waals surface area contributed by atoms with Gasteiger partial charge in [0.05, 0.1) is 17.3 Å². The monoisotopic (exact) mass is 515 g/mol. The van der Waals surface area contributed by atoms with E-state index in [-0.39, 0.29) is 12.5 Å². The number of carbonyl (C=O) groups excluding carboxylic acids is 1. The Morgan fingerprint density at radius 3 is 2.32 bits per heavy atom. The van der Waals surface area contributed by atoms with Crippen LogP contribution < -0.4 is 9.64 Å². The van der Waals surface area contributed by atoms with Crippen LogP contribution in [0.4, 0.5) is 10.5 Å².